The lowest BCUT2D eigenvalue weighted by atomic mass is 9.98. The number of aliphatic hydroxyl groups is 1. The molecule has 1 unspecified atom stereocenters. The Kier molecular flexibility index (Phi) is 4.07. The van der Waals surface area contributed by atoms with Crippen molar-refractivity contribution in [2.24, 2.45) is 0 Å². The van der Waals surface area contributed by atoms with Crippen LogP contribution < -0.4 is 0 Å². The molecule has 0 aliphatic carbocycles. The normalized spacial score (nSPS) is 24.9. The van der Waals surface area contributed by atoms with Crippen molar-refractivity contribution in [3.63, 3.8) is 0 Å². The van der Waals surface area contributed by atoms with E-state index in [0.29, 0.717) is 25.8 Å². The molecule has 1 aromatic heterocycles. The Labute approximate surface area is 108 Å². The van der Waals surface area contributed by atoms with Gasteiger partial charge >= 0.3 is 0 Å². The maximum atomic E-state index is 12.1. The van der Waals surface area contributed by atoms with E-state index in [-0.39, 0.29) is 5.91 Å². The van der Waals surface area contributed by atoms with E-state index >= 15 is 0 Å². The number of furan rings is 1. The summed E-state index contributed by atoms with van der Waals surface area (Å²) in [6.45, 7) is 3.26. The third kappa shape index (κ3) is 3.60. The topological polar surface area (TPSA) is 53.7 Å². The van der Waals surface area contributed by atoms with Crippen molar-refractivity contribution in [3.8, 4) is 0 Å². The summed E-state index contributed by atoms with van der Waals surface area (Å²) in [5.74, 6) is 1.01. The van der Waals surface area contributed by atoms with Crippen LogP contribution in [0.15, 0.2) is 22.8 Å². The van der Waals surface area contributed by atoms with Crippen LogP contribution in [0.1, 0.15) is 38.4 Å². The van der Waals surface area contributed by atoms with Crippen molar-refractivity contribution in [2.45, 2.75) is 44.6 Å². The molecule has 1 saturated heterocycles. The summed E-state index contributed by atoms with van der Waals surface area (Å²) >= 11 is 0. The lowest BCUT2D eigenvalue weighted by Gasteiger charge is -2.22. The smallest absolute Gasteiger partial charge is 0.223 e. The maximum absolute atomic E-state index is 12.1. The summed E-state index contributed by atoms with van der Waals surface area (Å²) in [7, 11) is 0. The SMILES string of the molecule is CC1(O)CCCN(C(=O)CCc2ccco2)CC1. The van der Waals surface area contributed by atoms with Crippen LogP contribution in [0, 0.1) is 0 Å². The number of rotatable bonds is 3. The number of carbonyl (C=O) groups excluding carboxylic acids is 1. The minimum absolute atomic E-state index is 0.157. The van der Waals surface area contributed by atoms with Gasteiger partial charge in [0.25, 0.3) is 0 Å². The van der Waals surface area contributed by atoms with Gasteiger partial charge in [-0.2, -0.15) is 0 Å². The summed E-state index contributed by atoms with van der Waals surface area (Å²) in [5.41, 5.74) is -0.615. The van der Waals surface area contributed by atoms with Crippen LogP contribution in [-0.4, -0.2) is 34.6 Å². The molecule has 1 N–H and O–H groups in total. The summed E-state index contributed by atoms with van der Waals surface area (Å²) in [5, 5.41) is 9.98. The second-order valence-corrected chi connectivity index (χ2v) is 5.31. The Balaban J connectivity index is 1.82. The average molecular weight is 251 g/mol. The molecule has 1 atom stereocenters. The fourth-order valence-electron chi connectivity index (χ4n) is 2.36. The van der Waals surface area contributed by atoms with Gasteiger partial charge in [0.1, 0.15) is 5.76 Å². The minimum atomic E-state index is -0.615. The lowest BCUT2D eigenvalue weighted by Crippen LogP contribution is -2.33. The molecule has 0 aromatic carbocycles. The molecule has 2 heterocycles. The highest BCUT2D eigenvalue weighted by Gasteiger charge is 2.26. The second kappa shape index (κ2) is 5.57. The molecule has 1 aromatic rings. The first kappa shape index (κ1) is 13.1. The van der Waals surface area contributed by atoms with E-state index in [9.17, 15) is 9.90 Å². The third-order valence-corrected chi connectivity index (χ3v) is 3.58. The van der Waals surface area contributed by atoms with E-state index in [1.807, 2.05) is 24.0 Å². The van der Waals surface area contributed by atoms with Crippen molar-refractivity contribution < 1.29 is 14.3 Å². The third-order valence-electron chi connectivity index (χ3n) is 3.58. The molecular formula is C14H21NO3. The number of carbonyl (C=O) groups is 1. The number of likely N-dealkylation sites (tertiary alicyclic amines) is 1. The van der Waals surface area contributed by atoms with Crippen LogP contribution in [0.3, 0.4) is 0 Å². The Hall–Kier alpha value is -1.29. The monoisotopic (exact) mass is 251 g/mol. The molecule has 4 nitrogen and oxygen atoms in total. The van der Waals surface area contributed by atoms with Gasteiger partial charge in [-0.1, -0.05) is 0 Å². The zero-order valence-corrected chi connectivity index (χ0v) is 10.9. The van der Waals surface area contributed by atoms with Crippen LogP contribution >= 0.6 is 0 Å². The van der Waals surface area contributed by atoms with E-state index < -0.39 is 5.60 Å². The standard InChI is InChI=1S/C14H21NO3/c1-14(17)7-3-9-15(10-8-14)13(16)6-5-12-4-2-11-18-12/h2,4,11,17H,3,5-10H2,1H3. The maximum Gasteiger partial charge on any atom is 0.223 e. The van der Waals surface area contributed by atoms with E-state index in [1.54, 1.807) is 6.26 Å². The lowest BCUT2D eigenvalue weighted by molar-refractivity contribution is -0.131. The minimum Gasteiger partial charge on any atom is -0.469 e. The van der Waals surface area contributed by atoms with E-state index in [2.05, 4.69) is 0 Å². The van der Waals surface area contributed by atoms with Crippen LogP contribution in [-0.2, 0) is 11.2 Å². The zero-order valence-electron chi connectivity index (χ0n) is 10.9. The largest absolute Gasteiger partial charge is 0.469 e. The molecule has 18 heavy (non-hydrogen) atoms. The highest BCUT2D eigenvalue weighted by molar-refractivity contribution is 5.76. The molecule has 4 heteroatoms. The van der Waals surface area contributed by atoms with E-state index in [0.717, 1.165) is 25.1 Å². The number of hydrogen-bond donors (Lipinski definition) is 1. The molecule has 0 bridgehead atoms. The van der Waals surface area contributed by atoms with Gasteiger partial charge in [-0.3, -0.25) is 4.79 Å². The van der Waals surface area contributed by atoms with Gasteiger partial charge < -0.3 is 14.4 Å². The van der Waals surface area contributed by atoms with Crippen molar-refractivity contribution in [3.05, 3.63) is 24.2 Å². The Morgan fingerprint density at radius 2 is 2.33 bits per heavy atom. The summed E-state index contributed by atoms with van der Waals surface area (Å²) in [6.07, 6.45) is 5.07. The molecule has 100 valence electrons. The van der Waals surface area contributed by atoms with Gasteiger partial charge in [-0.15, -0.1) is 0 Å². The fraction of sp³-hybridized carbons (Fsp3) is 0.643. The Bertz CT molecular complexity index is 384. The average Bonchev–Trinajstić information content (AvgIpc) is 2.77. The van der Waals surface area contributed by atoms with Crippen molar-refractivity contribution >= 4 is 5.91 Å². The molecule has 2 rings (SSSR count). The molecule has 0 spiro atoms. The van der Waals surface area contributed by atoms with Gasteiger partial charge in [0.15, 0.2) is 0 Å². The molecule has 1 aliphatic heterocycles. The first-order chi connectivity index (χ1) is 8.57. The summed E-state index contributed by atoms with van der Waals surface area (Å²) in [6, 6.07) is 3.73. The van der Waals surface area contributed by atoms with Crippen molar-refractivity contribution in [2.75, 3.05) is 13.1 Å². The van der Waals surface area contributed by atoms with Crippen LogP contribution in [0.5, 0.6) is 0 Å². The van der Waals surface area contributed by atoms with Crippen LogP contribution in [0.4, 0.5) is 0 Å². The fourth-order valence-corrected chi connectivity index (χ4v) is 2.36. The summed E-state index contributed by atoms with van der Waals surface area (Å²) < 4.78 is 5.22. The molecule has 0 saturated carbocycles. The quantitative estimate of drug-likeness (QED) is 0.893. The molecule has 1 amide bonds. The van der Waals surface area contributed by atoms with E-state index in [1.165, 1.54) is 0 Å². The van der Waals surface area contributed by atoms with Gasteiger partial charge in [-0.25, -0.2) is 0 Å². The highest BCUT2D eigenvalue weighted by Crippen LogP contribution is 2.21. The van der Waals surface area contributed by atoms with E-state index in [4.69, 9.17) is 4.42 Å². The van der Waals surface area contributed by atoms with Crippen LogP contribution in [0.2, 0.25) is 0 Å². The Morgan fingerprint density at radius 1 is 1.50 bits per heavy atom. The first-order valence-corrected chi connectivity index (χ1v) is 6.59. The summed E-state index contributed by atoms with van der Waals surface area (Å²) in [4.78, 5) is 13.9. The van der Waals surface area contributed by atoms with Crippen molar-refractivity contribution in [1.29, 1.82) is 0 Å². The predicted octanol–water partition coefficient (Wildman–Crippen LogP) is 1.98. The number of hydrogen-bond acceptors (Lipinski definition) is 3. The molecule has 1 aliphatic rings. The predicted molar refractivity (Wildman–Crippen MR) is 68.1 cm³/mol. The Morgan fingerprint density at radius 3 is 3.06 bits per heavy atom. The van der Waals surface area contributed by atoms with Crippen LogP contribution in [0.25, 0.3) is 0 Å². The number of aryl methyl sites for hydroxylation is 1. The molecule has 1 fully saturated rings. The molecule has 0 radical (unpaired) electrons. The second-order valence-electron chi connectivity index (χ2n) is 5.31. The van der Waals surface area contributed by atoms with Gasteiger partial charge in [0, 0.05) is 25.9 Å². The van der Waals surface area contributed by atoms with Gasteiger partial charge in [0.2, 0.25) is 5.91 Å². The first-order valence-electron chi connectivity index (χ1n) is 6.59. The number of nitrogens with zero attached hydrogens (tertiary/aromatic N) is 1. The van der Waals surface area contributed by atoms with Gasteiger partial charge in [-0.05, 0) is 38.3 Å². The molecular weight excluding hydrogens is 230 g/mol. The number of amides is 1. The zero-order chi connectivity index (χ0) is 13.0. The van der Waals surface area contributed by atoms with Crippen molar-refractivity contribution in [1.82, 2.24) is 4.90 Å². The highest BCUT2D eigenvalue weighted by atomic mass is 16.3. The van der Waals surface area contributed by atoms with Gasteiger partial charge in [0.05, 0.1) is 11.9 Å².